The van der Waals surface area contributed by atoms with E-state index in [9.17, 15) is 0 Å². The zero-order valence-corrected chi connectivity index (χ0v) is 11.6. The second-order valence-corrected chi connectivity index (χ2v) is 4.67. The first-order valence-corrected chi connectivity index (χ1v) is 6.31. The lowest BCUT2D eigenvalue weighted by atomic mass is 10.1. The molecule has 0 fully saturated rings. The third-order valence-electron chi connectivity index (χ3n) is 3.15. The molecule has 0 saturated heterocycles. The van der Waals surface area contributed by atoms with Crippen molar-refractivity contribution in [1.29, 1.82) is 0 Å². The van der Waals surface area contributed by atoms with Gasteiger partial charge in [0, 0.05) is 31.5 Å². The van der Waals surface area contributed by atoms with Gasteiger partial charge in [-0.3, -0.25) is 4.98 Å². The zero-order chi connectivity index (χ0) is 14.5. The quantitative estimate of drug-likeness (QED) is 0.386. The smallest absolute Gasteiger partial charge is 0.172 e. The van der Waals surface area contributed by atoms with Gasteiger partial charge in [0.05, 0.1) is 5.69 Å². The van der Waals surface area contributed by atoms with Crippen LogP contribution in [0.2, 0.25) is 0 Å². The minimum atomic E-state index is 0.113. The number of pyridine rings is 1. The first kappa shape index (κ1) is 13.9. The predicted octanol–water partition coefficient (Wildman–Crippen LogP) is 2.12. The second kappa shape index (κ2) is 6.06. The topological polar surface area (TPSA) is 74.7 Å². The standard InChI is InChI=1S/C15H18N4O/c1-11-5-3-7-13(15(16)18-20)14(11)19(2)10-12-6-4-8-17-9-12/h3-9,20H,10H2,1-2H3,(H2,16,18). The maximum atomic E-state index is 8.91. The molecule has 0 saturated carbocycles. The number of hydrogen-bond donors (Lipinski definition) is 2. The van der Waals surface area contributed by atoms with Gasteiger partial charge in [-0.15, -0.1) is 0 Å². The van der Waals surface area contributed by atoms with Crippen LogP contribution in [-0.2, 0) is 6.54 Å². The number of para-hydroxylation sites is 1. The number of benzene rings is 1. The number of nitrogens with two attached hydrogens (primary N) is 1. The summed E-state index contributed by atoms with van der Waals surface area (Å²) in [6, 6.07) is 9.67. The molecule has 3 N–H and O–H groups in total. The lowest BCUT2D eigenvalue weighted by Gasteiger charge is -2.24. The van der Waals surface area contributed by atoms with Crippen LogP contribution in [-0.4, -0.2) is 23.1 Å². The second-order valence-electron chi connectivity index (χ2n) is 4.67. The van der Waals surface area contributed by atoms with Crippen molar-refractivity contribution < 1.29 is 5.21 Å². The average molecular weight is 270 g/mol. The number of hydrogen-bond acceptors (Lipinski definition) is 4. The summed E-state index contributed by atoms with van der Waals surface area (Å²) in [7, 11) is 1.98. The number of aryl methyl sites for hydroxylation is 1. The normalized spacial score (nSPS) is 11.4. The van der Waals surface area contributed by atoms with Crippen LogP contribution < -0.4 is 10.6 Å². The molecule has 0 aliphatic carbocycles. The Morgan fingerprint density at radius 3 is 2.80 bits per heavy atom. The summed E-state index contributed by atoms with van der Waals surface area (Å²) < 4.78 is 0. The molecule has 1 aromatic carbocycles. The highest BCUT2D eigenvalue weighted by atomic mass is 16.4. The van der Waals surface area contributed by atoms with Crippen molar-refractivity contribution in [2.75, 3.05) is 11.9 Å². The van der Waals surface area contributed by atoms with Gasteiger partial charge >= 0.3 is 0 Å². The van der Waals surface area contributed by atoms with Crippen LogP contribution in [0, 0.1) is 6.92 Å². The highest BCUT2D eigenvalue weighted by molar-refractivity contribution is 6.02. The van der Waals surface area contributed by atoms with E-state index in [4.69, 9.17) is 10.9 Å². The van der Waals surface area contributed by atoms with Crippen LogP contribution in [0.25, 0.3) is 0 Å². The maximum Gasteiger partial charge on any atom is 0.172 e. The van der Waals surface area contributed by atoms with Crippen molar-refractivity contribution in [3.05, 3.63) is 59.4 Å². The predicted molar refractivity (Wildman–Crippen MR) is 80.0 cm³/mol. The molecule has 0 unspecified atom stereocenters. The molecule has 0 spiro atoms. The van der Waals surface area contributed by atoms with Crippen LogP contribution in [0.5, 0.6) is 0 Å². The van der Waals surface area contributed by atoms with Gasteiger partial charge in [-0.2, -0.15) is 0 Å². The van der Waals surface area contributed by atoms with E-state index < -0.39 is 0 Å². The minimum Gasteiger partial charge on any atom is -0.409 e. The van der Waals surface area contributed by atoms with E-state index in [1.807, 2.05) is 50.5 Å². The van der Waals surface area contributed by atoms with Gasteiger partial charge < -0.3 is 15.8 Å². The number of anilines is 1. The number of aromatic nitrogens is 1. The van der Waals surface area contributed by atoms with Gasteiger partial charge in [-0.1, -0.05) is 23.4 Å². The fourth-order valence-corrected chi connectivity index (χ4v) is 2.27. The molecule has 0 amide bonds. The molecule has 1 heterocycles. The lowest BCUT2D eigenvalue weighted by molar-refractivity contribution is 0.318. The van der Waals surface area contributed by atoms with Crippen molar-refractivity contribution >= 4 is 11.5 Å². The van der Waals surface area contributed by atoms with Crippen LogP contribution >= 0.6 is 0 Å². The first-order chi connectivity index (χ1) is 9.63. The molecule has 0 aliphatic rings. The minimum absolute atomic E-state index is 0.113. The molecule has 0 aliphatic heterocycles. The Balaban J connectivity index is 2.36. The first-order valence-electron chi connectivity index (χ1n) is 6.31. The van der Waals surface area contributed by atoms with Crippen LogP contribution in [0.3, 0.4) is 0 Å². The van der Waals surface area contributed by atoms with E-state index in [0.717, 1.165) is 22.4 Å². The van der Waals surface area contributed by atoms with Gasteiger partial charge in [-0.25, -0.2) is 0 Å². The van der Waals surface area contributed by atoms with Crippen molar-refractivity contribution in [3.8, 4) is 0 Å². The molecule has 20 heavy (non-hydrogen) atoms. The highest BCUT2D eigenvalue weighted by Crippen LogP contribution is 2.25. The van der Waals surface area contributed by atoms with Crippen molar-refractivity contribution in [3.63, 3.8) is 0 Å². The summed E-state index contributed by atoms with van der Waals surface area (Å²) in [6.07, 6.45) is 3.58. The van der Waals surface area contributed by atoms with Crippen molar-refractivity contribution in [2.45, 2.75) is 13.5 Å². The molecule has 0 radical (unpaired) electrons. The molecule has 5 heteroatoms. The Labute approximate surface area is 118 Å². The van der Waals surface area contributed by atoms with Crippen LogP contribution in [0.1, 0.15) is 16.7 Å². The van der Waals surface area contributed by atoms with E-state index in [1.165, 1.54) is 0 Å². The van der Waals surface area contributed by atoms with E-state index in [0.29, 0.717) is 6.54 Å². The van der Waals surface area contributed by atoms with Gasteiger partial charge in [0.1, 0.15) is 0 Å². The molecular formula is C15H18N4O. The Kier molecular flexibility index (Phi) is 4.20. The monoisotopic (exact) mass is 270 g/mol. The van der Waals surface area contributed by atoms with Crippen molar-refractivity contribution in [1.82, 2.24) is 4.98 Å². The Hall–Kier alpha value is -2.56. The third-order valence-corrected chi connectivity index (χ3v) is 3.15. The zero-order valence-electron chi connectivity index (χ0n) is 11.6. The summed E-state index contributed by atoms with van der Waals surface area (Å²) in [6.45, 7) is 2.70. The molecule has 104 valence electrons. The summed E-state index contributed by atoms with van der Waals surface area (Å²) >= 11 is 0. The Bertz CT molecular complexity index is 611. The largest absolute Gasteiger partial charge is 0.409 e. The van der Waals surface area contributed by atoms with Crippen LogP contribution in [0.4, 0.5) is 5.69 Å². The van der Waals surface area contributed by atoms with Crippen LogP contribution in [0.15, 0.2) is 47.9 Å². The Morgan fingerprint density at radius 1 is 1.35 bits per heavy atom. The van der Waals surface area contributed by atoms with E-state index in [2.05, 4.69) is 15.0 Å². The van der Waals surface area contributed by atoms with E-state index >= 15 is 0 Å². The van der Waals surface area contributed by atoms with Gasteiger partial charge in [0.2, 0.25) is 0 Å². The third kappa shape index (κ3) is 2.88. The van der Waals surface area contributed by atoms with Crippen molar-refractivity contribution in [2.24, 2.45) is 10.9 Å². The van der Waals surface area contributed by atoms with E-state index in [1.54, 1.807) is 6.20 Å². The lowest BCUT2D eigenvalue weighted by Crippen LogP contribution is -2.23. The van der Waals surface area contributed by atoms with Gasteiger partial charge in [0.15, 0.2) is 5.84 Å². The summed E-state index contributed by atoms with van der Waals surface area (Å²) in [5, 5.41) is 12.0. The molecule has 2 aromatic rings. The average Bonchev–Trinajstić information content (AvgIpc) is 2.47. The van der Waals surface area contributed by atoms with Gasteiger partial charge in [0.25, 0.3) is 0 Å². The highest BCUT2D eigenvalue weighted by Gasteiger charge is 2.13. The number of rotatable bonds is 4. The summed E-state index contributed by atoms with van der Waals surface area (Å²) in [4.78, 5) is 6.18. The number of nitrogens with zero attached hydrogens (tertiary/aromatic N) is 3. The molecule has 2 rings (SSSR count). The maximum absolute atomic E-state index is 8.91. The number of amidine groups is 1. The molecular weight excluding hydrogens is 252 g/mol. The number of oxime groups is 1. The molecule has 5 nitrogen and oxygen atoms in total. The fourth-order valence-electron chi connectivity index (χ4n) is 2.27. The summed E-state index contributed by atoms with van der Waals surface area (Å²) in [5.41, 5.74) is 9.60. The molecule has 0 atom stereocenters. The Morgan fingerprint density at radius 2 is 2.15 bits per heavy atom. The molecule has 0 bridgehead atoms. The SMILES string of the molecule is Cc1cccc(/C(N)=N/O)c1N(C)Cc1cccnc1. The summed E-state index contributed by atoms with van der Waals surface area (Å²) in [5.74, 6) is 0.113. The molecule has 1 aromatic heterocycles. The van der Waals surface area contributed by atoms with Gasteiger partial charge in [-0.05, 0) is 30.2 Å². The fraction of sp³-hybridized carbons (Fsp3) is 0.200. The van der Waals surface area contributed by atoms with E-state index in [-0.39, 0.29) is 5.84 Å².